The van der Waals surface area contributed by atoms with E-state index in [4.69, 9.17) is 11.6 Å². The summed E-state index contributed by atoms with van der Waals surface area (Å²) in [4.78, 5) is 51.0. The minimum Gasteiger partial charge on any atom is -0.350 e. The lowest BCUT2D eigenvalue weighted by Crippen LogP contribution is -2.50. The monoisotopic (exact) mass is 531 g/mol. The first kappa shape index (κ1) is 25.5. The van der Waals surface area contributed by atoms with E-state index in [0.29, 0.717) is 28.0 Å². The maximum absolute atomic E-state index is 14.7. The zero-order valence-electron chi connectivity index (χ0n) is 19.2. The van der Waals surface area contributed by atoms with Gasteiger partial charge < -0.3 is 16.0 Å². The molecule has 2 aromatic heterocycles. The molecule has 0 aliphatic carbocycles. The Hall–Kier alpha value is -3.54. The van der Waals surface area contributed by atoms with Crippen LogP contribution in [-0.4, -0.2) is 58.9 Å². The van der Waals surface area contributed by atoms with Crippen molar-refractivity contribution in [2.45, 2.75) is 19.0 Å². The normalized spacial score (nSPS) is 17.5. The van der Waals surface area contributed by atoms with Crippen LogP contribution in [0, 0.1) is 5.82 Å². The van der Waals surface area contributed by atoms with Crippen LogP contribution in [0.25, 0.3) is 5.69 Å². The number of likely N-dealkylation sites (tertiary alicyclic amines) is 1. The molecule has 0 saturated carbocycles. The van der Waals surface area contributed by atoms with Crippen molar-refractivity contribution in [2.75, 3.05) is 25.0 Å². The molecule has 0 spiro atoms. The van der Waals surface area contributed by atoms with Gasteiger partial charge in [0.05, 0.1) is 39.2 Å². The van der Waals surface area contributed by atoms with Crippen LogP contribution in [0.3, 0.4) is 0 Å². The molecule has 36 heavy (non-hydrogen) atoms. The van der Waals surface area contributed by atoms with E-state index in [1.807, 2.05) is 0 Å². The number of halogens is 2. The third-order valence-corrected chi connectivity index (χ3v) is 6.82. The molecule has 1 aromatic carbocycles. The molecule has 3 aromatic rings. The van der Waals surface area contributed by atoms with E-state index in [9.17, 15) is 23.6 Å². The minimum absolute atomic E-state index is 0.0234. The number of carbonyl (C=O) groups excluding carboxylic acids is 3. The zero-order chi connectivity index (χ0) is 25.8. The highest BCUT2D eigenvalue weighted by Gasteiger charge is 2.35. The molecule has 1 unspecified atom stereocenters. The first-order valence-corrected chi connectivity index (χ1v) is 12.2. The van der Waals surface area contributed by atoms with Gasteiger partial charge >= 0.3 is 0 Å². The van der Waals surface area contributed by atoms with Crippen molar-refractivity contribution >= 4 is 46.3 Å². The summed E-state index contributed by atoms with van der Waals surface area (Å²) in [5.41, 5.74) is 0.00410. The molecular weight excluding hydrogens is 509 g/mol. The average Bonchev–Trinajstić information content (AvgIpc) is 3.41. The number of hydrogen-bond donors (Lipinski definition) is 3. The van der Waals surface area contributed by atoms with Crippen molar-refractivity contribution in [3.8, 4) is 5.69 Å². The number of nitrogens with one attached hydrogen (secondary N) is 3. The number of nitrogens with zero attached hydrogens (tertiary/aromatic N) is 2. The lowest BCUT2D eigenvalue weighted by Gasteiger charge is -2.20. The fraction of sp³-hybridized carbons (Fsp3) is 0.250. The maximum atomic E-state index is 14.7. The summed E-state index contributed by atoms with van der Waals surface area (Å²) in [7, 11) is 0. The number of amides is 3. The predicted octanol–water partition coefficient (Wildman–Crippen LogP) is 2.25. The molecule has 1 fully saturated rings. The second-order valence-electron chi connectivity index (χ2n) is 8.31. The average molecular weight is 532 g/mol. The van der Waals surface area contributed by atoms with Gasteiger partial charge in [0, 0.05) is 38.3 Å². The number of thiophene rings is 1. The Morgan fingerprint density at radius 1 is 1.08 bits per heavy atom. The highest BCUT2D eigenvalue weighted by molar-refractivity contribution is 7.18. The Balaban J connectivity index is 1.39. The molecule has 2 atom stereocenters. The van der Waals surface area contributed by atoms with Gasteiger partial charge in [-0.25, -0.2) is 4.39 Å². The fourth-order valence-electron chi connectivity index (χ4n) is 4.03. The largest absolute Gasteiger partial charge is 0.350 e. The van der Waals surface area contributed by atoms with Gasteiger partial charge in [0.15, 0.2) is 0 Å². The number of pyridine rings is 1. The number of rotatable bonds is 7. The second kappa shape index (κ2) is 11.0. The van der Waals surface area contributed by atoms with E-state index in [1.54, 1.807) is 29.2 Å². The maximum Gasteiger partial charge on any atom is 0.261 e. The highest BCUT2D eigenvalue weighted by atomic mass is 35.5. The van der Waals surface area contributed by atoms with E-state index in [2.05, 4.69) is 16.0 Å². The van der Waals surface area contributed by atoms with E-state index in [1.165, 1.54) is 42.0 Å². The summed E-state index contributed by atoms with van der Waals surface area (Å²) in [6.07, 6.45) is 1.52. The van der Waals surface area contributed by atoms with Gasteiger partial charge in [0.2, 0.25) is 11.8 Å². The molecule has 12 heteroatoms. The van der Waals surface area contributed by atoms with Gasteiger partial charge in [-0.1, -0.05) is 17.7 Å². The topological polar surface area (TPSA) is 113 Å². The Labute approximate surface area is 214 Å². The number of aromatic nitrogens is 1. The van der Waals surface area contributed by atoms with Gasteiger partial charge in [-0.3, -0.25) is 28.6 Å². The highest BCUT2D eigenvalue weighted by Crippen LogP contribution is 2.22. The molecule has 3 heterocycles. The smallest absolute Gasteiger partial charge is 0.261 e. The molecule has 4 rings (SSSR count). The summed E-state index contributed by atoms with van der Waals surface area (Å²) in [6, 6.07) is 11.1. The van der Waals surface area contributed by atoms with Crippen LogP contribution in [0.15, 0.2) is 59.5 Å². The summed E-state index contributed by atoms with van der Waals surface area (Å²) in [5.74, 6) is -1.73. The fourth-order valence-corrected chi connectivity index (χ4v) is 4.98. The van der Waals surface area contributed by atoms with E-state index in [0.717, 1.165) is 11.3 Å². The molecule has 3 N–H and O–H groups in total. The van der Waals surface area contributed by atoms with Crippen molar-refractivity contribution in [1.82, 2.24) is 20.1 Å². The summed E-state index contributed by atoms with van der Waals surface area (Å²) < 4.78 is 16.4. The number of benzene rings is 1. The number of anilines is 1. The van der Waals surface area contributed by atoms with Gasteiger partial charge in [0.1, 0.15) is 5.82 Å². The standard InChI is InChI=1S/C24H23ClFN5O4S/c1-14(32)27-18-11-30(12-19(18)29-24(35)20-7-8-21(25)36-20)13-22(33)28-17-6-5-15(10-16(17)26)31-9-3-2-4-23(31)34/h2-10,18-19H,11-13H2,1H3,(H,27,32)(H,28,33)(H,29,35)/t18?,19-/m0/s1. The predicted molar refractivity (Wildman–Crippen MR) is 135 cm³/mol. The molecule has 9 nitrogen and oxygen atoms in total. The van der Waals surface area contributed by atoms with Gasteiger partial charge in [0.25, 0.3) is 11.5 Å². The molecule has 1 aliphatic rings. The Kier molecular flexibility index (Phi) is 7.82. The molecule has 1 saturated heterocycles. The quantitative estimate of drug-likeness (QED) is 0.433. The first-order chi connectivity index (χ1) is 17.2. The third-order valence-electron chi connectivity index (χ3n) is 5.59. The van der Waals surface area contributed by atoms with Crippen LogP contribution in [-0.2, 0) is 9.59 Å². The van der Waals surface area contributed by atoms with Crippen molar-refractivity contribution in [3.63, 3.8) is 0 Å². The molecule has 0 radical (unpaired) electrons. The Morgan fingerprint density at radius 3 is 2.47 bits per heavy atom. The zero-order valence-corrected chi connectivity index (χ0v) is 20.7. The summed E-state index contributed by atoms with van der Waals surface area (Å²) >= 11 is 7.05. The molecule has 0 bridgehead atoms. The molecule has 188 valence electrons. The number of hydrogen-bond acceptors (Lipinski definition) is 6. The summed E-state index contributed by atoms with van der Waals surface area (Å²) in [5, 5.41) is 8.23. The SMILES string of the molecule is CC(=O)NC1CN(CC(=O)Nc2ccc(-n3ccccc3=O)cc2F)C[C@@H]1NC(=O)c1ccc(Cl)s1. The van der Waals surface area contributed by atoms with E-state index >= 15 is 0 Å². The van der Waals surface area contributed by atoms with E-state index in [-0.39, 0.29) is 29.6 Å². The minimum atomic E-state index is -0.686. The van der Waals surface area contributed by atoms with Gasteiger partial charge in [-0.15, -0.1) is 11.3 Å². The van der Waals surface area contributed by atoms with Crippen LogP contribution >= 0.6 is 22.9 Å². The summed E-state index contributed by atoms with van der Waals surface area (Å²) in [6.45, 7) is 1.93. The number of carbonyl (C=O) groups is 3. The second-order valence-corrected chi connectivity index (χ2v) is 10.0. The lowest BCUT2D eigenvalue weighted by atomic mass is 10.1. The van der Waals surface area contributed by atoms with Crippen LogP contribution < -0.4 is 21.5 Å². The van der Waals surface area contributed by atoms with E-state index < -0.39 is 23.8 Å². The Bertz CT molecular complexity index is 1360. The molecule has 3 amide bonds. The Morgan fingerprint density at radius 2 is 1.83 bits per heavy atom. The molecule has 1 aliphatic heterocycles. The van der Waals surface area contributed by atoms with Crippen LogP contribution in [0.4, 0.5) is 10.1 Å². The van der Waals surface area contributed by atoms with Crippen molar-refractivity contribution in [2.24, 2.45) is 0 Å². The molecular formula is C24H23ClFN5O4S. The van der Waals surface area contributed by atoms with Crippen LogP contribution in [0.2, 0.25) is 4.34 Å². The first-order valence-electron chi connectivity index (χ1n) is 11.0. The third kappa shape index (κ3) is 6.17. The van der Waals surface area contributed by atoms with Crippen molar-refractivity contribution in [1.29, 1.82) is 0 Å². The van der Waals surface area contributed by atoms with Gasteiger partial charge in [-0.05, 0) is 30.3 Å². The van der Waals surface area contributed by atoms with Crippen LogP contribution in [0.1, 0.15) is 16.6 Å². The van der Waals surface area contributed by atoms with Crippen LogP contribution in [0.5, 0.6) is 0 Å². The van der Waals surface area contributed by atoms with Crippen molar-refractivity contribution < 1.29 is 18.8 Å². The lowest BCUT2D eigenvalue weighted by molar-refractivity contribution is -0.119. The van der Waals surface area contributed by atoms with Gasteiger partial charge in [-0.2, -0.15) is 0 Å². The van der Waals surface area contributed by atoms with Crippen molar-refractivity contribution in [3.05, 3.63) is 80.1 Å².